The molecular formula is C16H15BrClNOS. The summed E-state index contributed by atoms with van der Waals surface area (Å²) in [6, 6.07) is 15.7. The third kappa shape index (κ3) is 5.73. The Morgan fingerprint density at radius 1 is 1.19 bits per heavy atom. The van der Waals surface area contributed by atoms with Gasteiger partial charge in [0.05, 0.1) is 10.7 Å². The normalized spacial score (nSPS) is 10.4. The van der Waals surface area contributed by atoms with Crippen molar-refractivity contribution in [3.8, 4) is 0 Å². The van der Waals surface area contributed by atoms with Gasteiger partial charge in [0.1, 0.15) is 0 Å². The number of hydrogen-bond acceptors (Lipinski definition) is 2. The number of nitrogens with one attached hydrogen (secondary N) is 1. The van der Waals surface area contributed by atoms with Crippen molar-refractivity contribution in [3.63, 3.8) is 0 Å². The topological polar surface area (TPSA) is 29.1 Å². The lowest BCUT2D eigenvalue weighted by molar-refractivity contribution is -0.115. The minimum atomic E-state index is -0.0141. The summed E-state index contributed by atoms with van der Waals surface area (Å²) in [5, 5.41) is 3.37. The third-order valence-corrected chi connectivity index (χ3v) is 4.63. The summed E-state index contributed by atoms with van der Waals surface area (Å²) in [6.45, 7) is 0. The molecule has 2 rings (SSSR count). The number of rotatable bonds is 6. The Labute approximate surface area is 142 Å². The van der Waals surface area contributed by atoms with E-state index in [0.29, 0.717) is 17.1 Å². The molecule has 2 aromatic rings. The van der Waals surface area contributed by atoms with Crippen molar-refractivity contribution < 1.29 is 4.79 Å². The van der Waals surface area contributed by atoms with E-state index in [1.807, 2.05) is 24.3 Å². The first-order chi connectivity index (χ1) is 10.1. The van der Waals surface area contributed by atoms with Crippen molar-refractivity contribution in [2.45, 2.75) is 12.2 Å². The summed E-state index contributed by atoms with van der Waals surface area (Å²) in [6.07, 6.45) is 0.476. The Bertz CT molecular complexity index is 606. The maximum Gasteiger partial charge on any atom is 0.225 e. The minimum Gasteiger partial charge on any atom is -0.325 e. The molecular weight excluding hydrogens is 370 g/mol. The average Bonchev–Trinajstić information content (AvgIpc) is 2.48. The van der Waals surface area contributed by atoms with Crippen molar-refractivity contribution in [2.75, 3.05) is 11.1 Å². The quantitative estimate of drug-likeness (QED) is 0.679. The van der Waals surface area contributed by atoms with Gasteiger partial charge in [-0.1, -0.05) is 57.9 Å². The predicted molar refractivity (Wildman–Crippen MR) is 95.0 cm³/mol. The number of benzene rings is 2. The number of amides is 1. The second-order valence-electron chi connectivity index (χ2n) is 4.46. The van der Waals surface area contributed by atoms with Crippen molar-refractivity contribution in [2.24, 2.45) is 0 Å². The Hall–Kier alpha value is -0.970. The number of thioether (sulfide) groups is 1. The summed E-state index contributed by atoms with van der Waals surface area (Å²) in [7, 11) is 0. The zero-order valence-corrected chi connectivity index (χ0v) is 14.5. The maximum absolute atomic E-state index is 11.9. The van der Waals surface area contributed by atoms with Crippen LogP contribution in [0, 0.1) is 0 Å². The highest BCUT2D eigenvalue weighted by Gasteiger charge is 2.06. The highest BCUT2D eigenvalue weighted by atomic mass is 79.9. The molecule has 1 N–H and O–H groups in total. The molecule has 110 valence electrons. The summed E-state index contributed by atoms with van der Waals surface area (Å²) >= 11 is 11.2. The zero-order chi connectivity index (χ0) is 15.1. The fourth-order valence-electron chi connectivity index (χ4n) is 1.73. The summed E-state index contributed by atoms with van der Waals surface area (Å²) < 4.78 is 0.893. The van der Waals surface area contributed by atoms with Crippen molar-refractivity contribution in [1.82, 2.24) is 0 Å². The van der Waals surface area contributed by atoms with Crippen LogP contribution in [0.1, 0.15) is 12.0 Å². The molecule has 1 amide bonds. The van der Waals surface area contributed by atoms with Gasteiger partial charge < -0.3 is 5.32 Å². The number of hydrogen-bond donors (Lipinski definition) is 1. The number of anilines is 1. The van der Waals surface area contributed by atoms with Crippen molar-refractivity contribution in [3.05, 3.63) is 63.6 Å². The van der Waals surface area contributed by atoms with E-state index in [1.165, 1.54) is 5.56 Å². The molecule has 0 spiro atoms. The number of carbonyl (C=O) groups excluding carboxylic acids is 1. The van der Waals surface area contributed by atoms with Gasteiger partial charge in [-0.15, -0.1) is 0 Å². The molecule has 0 saturated carbocycles. The highest BCUT2D eigenvalue weighted by molar-refractivity contribution is 9.10. The van der Waals surface area contributed by atoms with Crippen LogP contribution >= 0.6 is 39.3 Å². The molecule has 0 unspecified atom stereocenters. The second kappa shape index (κ2) is 8.47. The predicted octanol–water partition coefficient (Wildman–Crippen LogP) is 5.36. The molecule has 0 aromatic heterocycles. The SMILES string of the molecule is O=C(CCSCc1ccccc1)Nc1ccc(Br)cc1Cl. The lowest BCUT2D eigenvalue weighted by Crippen LogP contribution is -2.12. The standard InChI is InChI=1S/C16H15BrClNOS/c17-13-6-7-15(14(18)10-13)19-16(20)8-9-21-11-12-4-2-1-3-5-12/h1-7,10H,8-9,11H2,(H,19,20). The second-order valence-corrected chi connectivity index (χ2v) is 6.89. The number of halogens is 2. The van der Waals surface area contributed by atoms with Crippen LogP contribution in [0.25, 0.3) is 0 Å². The van der Waals surface area contributed by atoms with E-state index < -0.39 is 0 Å². The Morgan fingerprint density at radius 2 is 1.95 bits per heavy atom. The summed E-state index contributed by atoms with van der Waals surface area (Å²) in [5.74, 6) is 1.70. The van der Waals surface area contributed by atoms with Crippen molar-refractivity contribution in [1.29, 1.82) is 0 Å². The fourth-order valence-corrected chi connectivity index (χ4v) is 3.36. The number of carbonyl (C=O) groups is 1. The summed E-state index contributed by atoms with van der Waals surface area (Å²) in [4.78, 5) is 11.9. The molecule has 2 nitrogen and oxygen atoms in total. The molecule has 0 aliphatic heterocycles. The molecule has 0 bridgehead atoms. The monoisotopic (exact) mass is 383 g/mol. The first kappa shape index (κ1) is 16.4. The van der Waals surface area contributed by atoms with E-state index in [1.54, 1.807) is 23.9 Å². The van der Waals surface area contributed by atoms with E-state index in [2.05, 4.69) is 33.4 Å². The van der Waals surface area contributed by atoms with Gasteiger partial charge in [-0.25, -0.2) is 0 Å². The van der Waals surface area contributed by atoms with Crippen LogP contribution in [0.3, 0.4) is 0 Å². The molecule has 0 aliphatic rings. The van der Waals surface area contributed by atoms with E-state index in [4.69, 9.17) is 11.6 Å². The van der Waals surface area contributed by atoms with Gasteiger partial charge >= 0.3 is 0 Å². The molecule has 0 saturated heterocycles. The lowest BCUT2D eigenvalue weighted by atomic mass is 10.2. The smallest absolute Gasteiger partial charge is 0.225 e. The van der Waals surface area contributed by atoms with Gasteiger partial charge in [-0.3, -0.25) is 4.79 Å². The van der Waals surface area contributed by atoms with Crippen LogP contribution in [0.4, 0.5) is 5.69 Å². The summed E-state index contributed by atoms with van der Waals surface area (Å²) in [5.41, 5.74) is 1.93. The zero-order valence-electron chi connectivity index (χ0n) is 11.3. The molecule has 0 aliphatic carbocycles. The molecule has 21 heavy (non-hydrogen) atoms. The lowest BCUT2D eigenvalue weighted by Gasteiger charge is -2.07. The molecule has 2 aromatic carbocycles. The molecule has 0 radical (unpaired) electrons. The van der Waals surface area contributed by atoms with Gasteiger partial charge in [0.2, 0.25) is 5.91 Å². The molecule has 5 heteroatoms. The molecule has 0 fully saturated rings. The van der Waals surface area contributed by atoms with E-state index in [-0.39, 0.29) is 5.91 Å². The third-order valence-electron chi connectivity index (χ3n) is 2.79. The van der Waals surface area contributed by atoms with Crippen LogP contribution in [-0.2, 0) is 10.5 Å². The van der Waals surface area contributed by atoms with Gasteiger partial charge in [-0.2, -0.15) is 11.8 Å². The van der Waals surface area contributed by atoms with Crippen LogP contribution in [0.15, 0.2) is 53.0 Å². The van der Waals surface area contributed by atoms with Gasteiger partial charge in [-0.05, 0) is 23.8 Å². The fraction of sp³-hybridized carbons (Fsp3) is 0.188. The minimum absolute atomic E-state index is 0.0141. The maximum atomic E-state index is 11.9. The van der Waals surface area contributed by atoms with E-state index in [9.17, 15) is 4.79 Å². The van der Waals surface area contributed by atoms with Gasteiger partial charge in [0.25, 0.3) is 0 Å². The molecule has 0 heterocycles. The van der Waals surface area contributed by atoms with Crippen molar-refractivity contribution >= 4 is 50.9 Å². The first-order valence-corrected chi connectivity index (χ1v) is 8.84. The van der Waals surface area contributed by atoms with Gasteiger partial charge in [0, 0.05) is 22.4 Å². The largest absolute Gasteiger partial charge is 0.325 e. The highest BCUT2D eigenvalue weighted by Crippen LogP contribution is 2.25. The molecule has 0 atom stereocenters. The van der Waals surface area contributed by atoms with Crippen LogP contribution < -0.4 is 5.32 Å². The van der Waals surface area contributed by atoms with Gasteiger partial charge in [0.15, 0.2) is 0 Å². The first-order valence-electron chi connectivity index (χ1n) is 6.52. The van der Waals surface area contributed by atoms with E-state index >= 15 is 0 Å². The van der Waals surface area contributed by atoms with Crippen LogP contribution in [-0.4, -0.2) is 11.7 Å². The Balaban J connectivity index is 1.72. The average molecular weight is 385 g/mol. The van der Waals surface area contributed by atoms with E-state index in [0.717, 1.165) is 16.0 Å². The van der Waals surface area contributed by atoms with Crippen LogP contribution in [0.2, 0.25) is 5.02 Å². The Kier molecular flexibility index (Phi) is 6.61. The Morgan fingerprint density at radius 3 is 2.67 bits per heavy atom. The van der Waals surface area contributed by atoms with Crippen LogP contribution in [0.5, 0.6) is 0 Å².